The molecule has 0 unspecified atom stereocenters. The fourth-order valence-corrected chi connectivity index (χ4v) is 1.92. The lowest BCUT2D eigenvalue weighted by molar-refractivity contribution is 0.610. The van der Waals surface area contributed by atoms with E-state index in [4.69, 9.17) is 0 Å². The number of nitrogens with zero attached hydrogens (tertiary/aromatic N) is 3. The highest BCUT2D eigenvalue weighted by atomic mass is 19.1. The number of benzene rings is 1. The largest absolute Gasteiger partial charge is 0.369 e. The minimum Gasteiger partial charge on any atom is -0.369 e. The van der Waals surface area contributed by atoms with Crippen molar-refractivity contribution in [1.82, 2.24) is 20.2 Å². The van der Waals surface area contributed by atoms with Crippen LogP contribution in [0.25, 0.3) is 11.0 Å². The third-order valence-electron chi connectivity index (χ3n) is 2.89. The van der Waals surface area contributed by atoms with Crippen LogP contribution in [0.1, 0.15) is 5.56 Å². The van der Waals surface area contributed by atoms with E-state index in [9.17, 15) is 4.39 Å². The molecule has 0 spiro atoms. The molecule has 0 amide bonds. The van der Waals surface area contributed by atoms with Crippen molar-refractivity contribution in [3.63, 3.8) is 0 Å². The fourth-order valence-electron chi connectivity index (χ4n) is 1.92. The Balaban J connectivity index is 1.70. The quantitative estimate of drug-likeness (QED) is 0.751. The van der Waals surface area contributed by atoms with Crippen LogP contribution >= 0.6 is 0 Å². The second kappa shape index (κ2) is 5.01. The zero-order chi connectivity index (χ0) is 13.1. The van der Waals surface area contributed by atoms with E-state index in [2.05, 4.69) is 25.5 Å². The minimum absolute atomic E-state index is 0.180. The zero-order valence-electron chi connectivity index (χ0n) is 10.1. The number of fused-ring (bicyclic) bond motifs is 1. The third kappa shape index (κ3) is 2.37. The van der Waals surface area contributed by atoms with Gasteiger partial charge < -0.3 is 5.32 Å². The van der Waals surface area contributed by atoms with E-state index in [1.54, 1.807) is 18.3 Å². The minimum atomic E-state index is -0.180. The number of aromatic nitrogens is 4. The second-order valence-electron chi connectivity index (χ2n) is 4.12. The average molecular weight is 257 g/mol. The monoisotopic (exact) mass is 257 g/mol. The standard InChI is InChI=1S/C13H12FN5/c14-11-4-2-1-3-9(11)5-6-15-12-10-7-18-19-13(10)17-8-16-12/h1-4,7-8H,5-6H2,(H2,15,16,17,18,19). The third-order valence-corrected chi connectivity index (χ3v) is 2.89. The molecular weight excluding hydrogens is 245 g/mol. The number of anilines is 1. The van der Waals surface area contributed by atoms with Crippen molar-refractivity contribution >= 4 is 16.9 Å². The topological polar surface area (TPSA) is 66.5 Å². The van der Waals surface area contributed by atoms with E-state index in [0.717, 1.165) is 5.39 Å². The number of rotatable bonds is 4. The summed E-state index contributed by atoms with van der Waals surface area (Å²) in [4.78, 5) is 8.21. The molecule has 5 nitrogen and oxygen atoms in total. The summed E-state index contributed by atoms with van der Waals surface area (Å²) in [7, 11) is 0. The van der Waals surface area contributed by atoms with E-state index in [0.29, 0.717) is 30.0 Å². The predicted molar refractivity (Wildman–Crippen MR) is 70.3 cm³/mol. The first-order valence-corrected chi connectivity index (χ1v) is 5.96. The Morgan fingerprint density at radius 1 is 1.21 bits per heavy atom. The van der Waals surface area contributed by atoms with Crippen LogP contribution in [0.15, 0.2) is 36.8 Å². The van der Waals surface area contributed by atoms with Crippen LogP contribution in [0.2, 0.25) is 0 Å². The Morgan fingerprint density at radius 2 is 2.11 bits per heavy atom. The van der Waals surface area contributed by atoms with Crippen LogP contribution in [0.4, 0.5) is 10.2 Å². The molecule has 3 rings (SSSR count). The van der Waals surface area contributed by atoms with Gasteiger partial charge in [0.15, 0.2) is 5.65 Å². The summed E-state index contributed by atoms with van der Waals surface area (Å²) >= 11 is 0. The number of nitrogens with one attached hydrogen (secondary N) is 2. The maximum absolute atomic E-state index is 13.5. The van der Waals surface area contributed by atoms with Gasteiger partial charge in [-0.05, 0) is 18.1 Å². The van der Waals surface area contributed by atoms with Crippen molar-refractivity contribution < 1.29 is 4.39 Å². The Labute approximate surface area is 108 Å². The van der Waals surface area contributed by atoms with Gasteiger partial charge in [0.1, 0.15) is 18.0 Å². The second-order valence-corrected chi connectivity index (χ2v) is 4.12. The Bertz CT molecular complexity index is 694. The van der Waals surface area contributed by atoms with Gasteiger partial charge in [0.2, 0.25) is 0 Å². The molecule has 0 aliphatic carbocycles. The van der Waals surface area contributed by atoms with Gasteiger partial charge in [-0.3, -0.25) is 5.10 Å². The number of H-pyrrole nitrogens is 1. The Hall–Kier alpha value is -2.50. The van der Waals surface area contributed by atoms with Gasteiger partial charge in [0.05, 0.1) is 11.6 Å². The van der Waals surface area contributed by atoms with Gasteiger partial charge >= 0.3 is 0 Å². The molecule has 0 saturated carbocycles. The van der Waals surface area contributed by atoms with Crippen LogP contribution < -0.4 is 5.32 Å². The molecule has 19 heavy (non-hydrogen) atoms. The van der Waals surface area contributed by atoms with E-state index >= 15 is 0 Å². The van der Waals surface area contributed by atoms with Gasteiger partial charge in [0, 0.05) is 6.54 Å². The number of hydrogen-bond donors (Lipinski definition) is 2. The van der Waals surface area contributed by atoms with Crippen molar-refractivity contribution in [2.45, 2.75) is 6.42 Å². The van der Waals surface area contributed by atoms with Crippen LogP contribution in [0.3, 0.4) is 0 Å². The van der Waals surface area contributed by atoms with Gasteiger partial charge in [0.25, 0.3) is 0 Å². The lowest BCUT2D eigenvalue weighted by Crippen LogP contribution is -2.07. The fraction of sp³-hybridized carbons (Fsp3) is 0.154. The summed E-state index contributed by atoms with van der Waals surface area (Å²) in [5, 5.41) is 10.7. The first-order chi connectivity index (χ1) is 9.34. The molecular formula is C13H12FN5. The SMILES string of the molecule is Fc1ccccc1CCNc1ncnc2[nH]ncc12. The number of aromatic amines is 1. The van der Waals surface area contributed by atoms with Gasteiger partial charge in [-0.25, -0.2) is 14.4 Å². The molecule has 0 bridgehead atoms. The molecule has 96 valence electrons. The molecule has 0 aliphatic heterocycles. The average Bonchev–Trinajstić information content (AvgIpc) is 2.90. The van der Waals surface area contributed by atoms with Gasteiger partial charge in [-0.2, -0.15) is 5.10 Å². The Kier molecular flexibility index (Phi) is 3.06. The van der Waals surface area contributed by atoms with Gasteiger partial charge in [-0.15, -0.1) is 0 Å². The molecule has 0 aliphatic rings. The Morgan fingerprint density at radius 3 is 3.00 bits per heavy atom. The highest BCUT2D eigenvalue weighted by Crippen LogP contribution is 2.16. The van der Waals surface area contributed by atoms with Crippen LogP contribution in [-0.2, 0) is 6.42 Å². The summed E-state index contributed by atoms with van der Waals surface area (Å²) in [5.74, 6) is 0.524. The summed E-state index contributed by atoms with van der Waals surface area (Å²) in [5.41, 5.74) is 1.37. The highest BCUT2D eigenvalue weighted by molar-refractivity contribution is 5.85. The molecule has 0 fully saturated rings. The summed E-state index contributed by atoms with van der Waals surface area (Å²) < 4.78 is 13.5. The molecule has 3 aromatic rings. The summed E-state index contributed by atoms with van der Waals surface area (Å²) in [6.45, 7) is 0.595. The molecule has 0 saturated heterocycles. The molecule has 2 N–H and O–H groups in total. The van der Waals surface area contributed by atoms with Crippen LogP contribution in [0, 0.1) is 5.82 Å². The predicted octanol–water partition coefficient (Wildman–Crippen LogP) is 2.15. The van der Waals surface area contributed by atoms with E-state index in [-0.39, 0.29) is 5.82 Å². The molecule has 1 aromatic carbocycles. The van der Waals surface area contributed by atoms with E-state index < -0.39 is 0 Å². The normalized spacial score (nSPS) is 10.8. The van der Waals surface area contributed by atoms with Gasteiger partial charge in [-0.1, -0.05) is 18.2 Å². The molecule has 2 aromatic heterocycles. The highest BCUT2D eigenvalue weighted by Gasteiger charge is 2.05. The van der Waals surface area contributed by atoms with E-state index in [1.807, 2.05) is 6.07 Å². The maximum atomic E-state index is 13.5. The zero-order valence-corrected chi connectivity index (χ0v) is 10.1. The molecule has 0 atom stereocenters. The smallest absolute Gasteiger partial charge is 0.160 e. The van der Waals surface area contributed by atoms with Crippen molar-refractivity contribution in [2.24, 2.45) is 0 Å². The van der Waals surface area contributed by atoms with Crippen molar-refractivity contribution in [2.75, 3.05) is 11.9 Å². The number of halogens is 1. The lowest BCUT2D eigenvalue weighted by atomic mass is 10.1. The summed E-state index contributed by atoms with van der Waals surface area (Å²) in [6.07, 6.45) is 3.72. The summed E-state index contributed by atoms with van der Waals surface area (Å²) in [6, 6.07) is 6.77. The first kappa shape index (κ1) is 11.6. The molecule has 6 heteroatoms. The molecule has 0 radical (unpaired) electrons. The van der Waals surface area contributed by atoms with Crippen molar-refractivity contribution in [3.8, 4) is 0 Å². The maximum Gasteiger partial charge on any atom is 0.160 e. The van der Waals surface area contributed by atoms with Crippen molar-refractivity contribution in [1.29, 1.82) is 0 Å². The number of hydrogen-bond acceptors (Lipinski definition) is 4. The van der Waals surface area contributed by atoms with Crippen molar-refractivity contribution in [3.05, 3.63) is 48.2 Å². The van der Waals surface area contributed by atoms with Crippen LogP contribution in [-0.4, -0.2) is 26.7 Å². The first-order valence-electron chi connectivity index (χ1n) is 5.96. The van der Waals surface area contributed by atoms with Crippen LogP contribution in [0.5, 0.6) is 0 Å². The lowest BCUT2D eigenvalue weighted by Gasteiger charge is -2.06. The van der Waals surface area contributed by atoms with E-state index in [1.165, 1.54) is 12.4 Å². The molecule has 2 heterocycles.